The van der Waals surface area contributed by atoms with Crippen LogP contribution in [-0.2, 0) is 6.54 Å². The van der Waals surface area contributed by atoms with Crippen molar-refractivity contribution in [2.45, 2.75) is 6.54 Å². The van der Waals surface area contributed by atoms with Crippen LogP contribution in [0.1, 0.15) is 0 Å². The van der Waals surface area contributed by atoms with Crippen molar-refractivity contribution in [1.82, 2.24) is 14.5 Å². The third-order valence-corrected chi connectivity index (χ3v) is 1.73. The van der Waals surface area contributed by atoms with Gasteiger partial charge in [-0.25, -0.2) is 4.79 Å². The molecule has 0 aromatic carbocycles. The fourth-order valence-electron chi connectivity index (χ4n) is 1.02. The third-order valence-electron chi connectivity index (χ3n) is 1.56. The summed E-state index contributed by atoms with van der Waals surface area (Å²) in [5, 5.41) is -0.0426. The summed E-state index contributed by atoms with van der Waals surface area (Å²) in [6.45, 7) is 3.92. The van der Waals surface area contributed by atoms with E-state index in [2.05, 4.69) is 16.5 Å². The number of hydrogen-bond acceptors (Lipinski definition) is 4. The number of rotatable bonds is 3. The van der Waals surface area contributed by atoms with Crippen LogP contribution in [0.3, 0.4) is 0 Å². The maximum Gasteiger partial charge on any atom is 0.353 e. The lowest BCUT2D eigenvalue weighted by Gasteiger charge is -2.15. The zero-order valence-electron chi connectivity index (χ0n) is 8.07. The maximum absolute atomic E-state index is 11.4. The fourth-order valence-corrected chi connectivity index (χ4v) is 1.17. The molecule has 0 N–H and O–H groups in total. The molecule has 0 saturated heterocycles. The van der Waals surface area contributed by atoms with E-state index in [-0.39, 0.29) is 5.28 Å². The van der Waals surface area contributed by atoms with Gasteiger partial charge in [-0.1, -0.05) is 6.08 Å². The van der Waals surface area contributed by atoms with Gasteiger partial charge in [-0.2, -0.15) is 9.97 Å². The van der Waals surface area contributed by atoms with Crippen LogP contribution in [-0.4, -0.2) is 28.6 Å². The van der Waals surface area contributed by atoms with Crippen molar-refractivity contribution in [3.8, 4) is 0 Å². The van der Waals surface area contributed by atoms with Crippen molar-refractivity contribution >= 4 is 17.5 Å². The Bertz CT molecular complexity index is 399. The summed E-state index contributed by atoms with van der Waals surface area (Å²) < 4.78 is 1.39. The van der Waals surface area contributed by atoms with Gasteiger partial charge in [0.2, 0.25) is 11.2 Å². The molecule has 6 heteroatoms. The van der Waals surface area contributed by atoms with E-state index in [1.165, 1.54) is 4.57 Å². The van der Waals surface area contributed by atoms with Crippen LogP contribution in [0.15, 0.2) is 17.4 Å². The van der Waals surface area contributed by atoms with Crippen molar-refractivity contribution in [1.29, 1.82) is 0 Å². The lowest BCUT2D eigenvalue weighted by atomic mass is 10.6. The molecule has 0 atom stereocenters. The largest absolute Gasteiger partial charge is 0.353 e. The van der Waals surface area contributed by atoms with E-state index >= 15 is 0 Å². The van der Waals surface area contributed by atoms with Gasteiger partial charge in [-0.3, -0.25) is 4.57 Å². The predicted molar refractivity (Wildman–Crippen MR) is 55.8 cm³/mol. The first-order valence-electron chi connectivity index (χ1n) is 3.99. The van der Waals surface area contributed by atoms with E-state index in [0.717, 1.165) is 0 Å². The molecule has 0 aliphatic carbocycles. The predicted octanol–water partition coefficient (Wildman–Crippen LogP) is 0.544. The van der Waals surface area contributed by atoms with Gasteiger partial charge in [0, 0.05) is 20.6 Å². The number of hydrogen-bond donors (Lipinski definition) is 0. The standard InChI is InChI=1S/C8H11ClN4O/c1-4-5-13-7(12(2)3)10-6(9)11-8(13)14/h4H,1,5H2,2-3H3. The molecule has 1 heterocycles. The molecule has 1 aromatic rings. The smallest absolute Gasteiger partial charge is 0.348 e. The number of halogens is 1. The van der Waals surface area contributed by atoms with Crippen LogP contribution >= 0.6 is 11.6 Å². The summed E-state index contributed by atoms with van der Waals surface area (Å²) in [7, 11) is 3.55. The maximum atomic E-state index is 11.4. The van der Waals surface area contributed by atoms with Gasteiger partial charge in [-0.05, 0) is 11.6 Å². The van der Waals surface area contributed by atoms with Crippen LogP contribution in [0.2, 0.25) is 5.28 Å². The molecular weight excluding hydrogens is 204 g/mol. The second-order valence-electron chi connectivity index (χ2n) is 2.87. The quantitative estimate of drug-likeness (QED) is 0.690. The van der Waals surface area contributed by atoms with Crippen LogP contribution in [0.25, 0.3) is 0 Å². The van der Waals surface area contributed by atoms with Gasteiger partial charge in [-0.15, -0.1) is 6.58 Å². The second-order valence-corrected chi connectivity index (χ2v) is 3.21. The third kappa shape index (κ3) is 2.11. The van der Waals surface area contributed by atoms with Crippen molar-refractivity contribution in [2.24, 2.45) is 0 Å². The van der Waals surface area contributed by atoms with Crippen LogP contribution in [0.5, 0.6) is 0 Å². The summed E-state index contributed by atoms with van der Waals surface area (Å²) in [6, 6.07) is 0. The summed E-state index contributed by atoms with van der Waals surface area (Å²) in [5.41, 5.74) is -0.423. The molecule has 0 radical (unpaired) electrons. The molecule has 0 unspecified atom stereocenters. The molecule has 0 fully saturated rings. The Morgan fingerprint density at radius 2 is 2.21 bits per heavy atom. The minimum absolute atomic E-state index is 0.0426. The Morgan fingerprint density at radius 3 is 2.71 bits per heavy atom. The minimum Gasteiger partial charge on any atom is -0.348 e. The number of allylic oxidation sites excluding steroid dienone is 1. The Labute approximate surface area is 86.7 Å². The van der Waals surface area contributed by atoms with Gasteiger partial charge in [0.15, 0.2) is 0 Å². The average Bonchev–Trinajstić information content (AvgIpc) is 2.09. The lowest BCUT2D eigenvalue weighted by molar-refractivity contribution is 0.702. The molecule has 0 aliphatic rings. The second kappa shape index (κ2) is 4.23. The molecule has 5 nitrogen and oxygen atoms in total. The zero-order valence-corrected chi connectivity index (χ0v) is 8.82. The normalized spacial score (nSPS) is 9.93. The number of aromatic nitrogens is 3. The SMILES string of the molecule is C=CCn1c(N(C)C)nc(Cl)nc1=O. The monoisotopic (exact) mass is 214 g/mol. The molecular formula is C8H11ClN4O. The highest BCUT2D eigenvalue weighted by Gasteiger charge is 2.08. The highest BCUT2D eigenvalue weighted by Crippen LogP contribution is 2.07. The van der Waals surface area contributed by atoms with Gasteiger partial charge in [0.05, 0.1) is 0 Å². The number of nitrogens with zero attached hydrogens (tertiary/aromatic N) is 4. The molecule has 0 spiro atoms. The Hall–Kier alpha value is -1.36. The number of anilines is 1. The Balaban J connectivity index is 3.36. The minimum atomic E-state index is -0.423. The van der Waals surface area contributed by atoms with E-state index in [1.54, 1.807) is 25.1 Å². The highest BCUT2D eigenvalue weighted by molar-refractivity contribution is 6.28. The first-order valence-corrected chi connectivity index (χ1v) is 4.36. The molecule has 0 amide bonds. The summed E-state index contributed by atoms with van der Waals surface area (Å²) in [6.07, 6.45) is 1.60. The Kier molecular flexibility index (Phi) is 3.24. The molecule has 1 aromatic heterocycles. The van der Waals surface area contributed by atoms with E-state index < -0.39 is 5.69 Å². The highest BCUT2D eigenvalue weighted by atomic mass is 35.5. The van der Waals surface area contributed by atoms with Crippen molar-refractivity contribution < 1.29 is 0 Å². The topological polar surface area (TPSA) is 51.0 Å². The van der Waals surface area contributed by atoms with E-state index in [1.807, 2.05) is 0 Å². The molecule has 0 saturated carbocycles. The van der Waals surface area contributed by atoms with E-state index in [9.17, 15) is 4.79 Å². The molecule has 0 bridgehead atoms. The average molecular weight is 215 g/mol. The Morgan fingerprint density at radius 1 is 1.57 bits per heavy atom. The van der Waals surface area contributed by atoms with Gasteiger partial charge < -0.3 is 4.90 Å². The molecule has 0 aliphatic heterocycles. The first-order chi connectivity index (χ1) is 6.56. The van der Waals surface area contributed by atoms with Crippen LogP contribution in [0, 0.1) is 0 Å². The van der Waals surface area contributed by atoms with Crippen molar-refractivity contribution in [3.63, 3.8) is 0 Å². The van der Waals surface area contributed by atoms with Crippen molar-refractivity contribution in [3.05, 3.63) is 28.4 Å². The van der Waals surface area contributed by atoms with E-state index in [4.69, 9.17) is 11.6 Å². The summed E-state index contributed by atoms with van der Waals surface area (Å²) in [5.74, 6) is 0.468. The van der Waals surface area contributed by atoms with Crippen LogP contribution in [0.4, 0.5) is 5.95 Å². The van der Waals surface area contributed by atoms with Crippen LogP contribution < -0.4 is 10.6 Å². The summed E-state index contributed by atoms with van der Waals surface area (Å²) in [4.78, 5) is 20.6. The lowest BCUT2D eigenvalue weighted by Crippen LogP contribution is -2.30. The van der Waals surface area contributed by atoms with Gasteiger partial charge in [0.1, 0.15) is 0 Å². The molecule has 14 heavy (non-hydrogen) atoms. The fraction of sp³-hybridized carbons (Fsp3) is 0.375. The van der Waals surface area contributed by atoms with Gasteiger partial charge >= 0.3 is 5.69 Å². The van der Waals surface area contributed by atoms with Gasteiger partial charge in [0.25, 0.3) is 0 Å². The van der Waals surface area contributed by atoms with E-state index in [0.29, 0.717) is 12.5 Å². The molecule has 76 valence electrons. The molecule has 1 rings (SSSR count). The van der Waals surface area contributed by atoms with Crippen molar-refractivity contribution in [2.75, 3.05) is 19.0 Å². The summed E-state index contributed by atoms with van der Waals surface area (Å²) >= 11 is 5.58. The zero-order chi connectivity index (χ0) is 10.7. The first kappa shape index (κ1) is 10.7.